The molecule has 11 heteroatoms. The normalized spacial score (nSPS) is 24.4. The number of amides is 3. The molecule has 10 nitrogen and oxygen atoms in total. The van der Waals surface area contributed by atoms with Gasteiger partial charge in [0.15, 0.2) is 0 Å². The molecule has 2 saturated heterocycles. The van der Waals surface area contributed by atoms with Crippen molar-refractivity contribution in [2.75, 3.05) is 51.8 Å². The third kappa shape index (κ3) is 6.04. The van der Waals surface area contributed by atoms with Crippen LogP contribution in [0.1, 0.15) is 32.6 Å². The van der Waals surface area contributed by atoms with Gasteiger partial charge in [0.05, 0.1) is 19.3 Å². The molecule has 3 atom stereocenters. The average molecular weight is 523 g/mol. The van der Waals surface area contributed by atoms with Gasteiger partial charge in [-0.2, -0.15) is 0 Å². The Morgan fingerprint density at radius 3 is 2.69 bits per heavy atom. The predicted molar refractivity (Wildman–Crippen MR) is 134 cm³/mol. The average Bonchev–Trinajstić information content (AvgIpc) is 3.64. The minimum absolute atomic E-state index is 0.000174. The lowest BCUT2D eigenvalue weighted by atomic mass is 9.90. The van der Waals surface area contributed by atoms with E-state index in [0.29, 0.717) is 43.3 Å². The Morgan fingerprint density at radius 2 is 2.03 bits per heavy atom. The fourth-order valence-corrected chi connectivity index (χ4v) is 5.39. The van der Waals surface area contributed by atoms with E-state index in [4.69, 9.17) is 16.3 Å². The summed E-state index contributed by atoms with van der Waals surface area (Å²) in [7, 11) is 1.24. The van der Waals surface area contributed by atoms with Gasteiger partial charge in [-0.25, -0.2) is 9.59 Å². The van der Waals surface area contributed by atoms with E-state index < -0.39 is 12.2 Å². The molecular formula is C25H35ClN4O6. The fraction of sp³-hybridized carbons (Fsp3) is 0.640. The van der Waals surface area contributed by atoms with Crippen LogP contribution in [0.5, 0.6) is 0 Å². The first-order valence-electron chi connectivity index (χ1n) is 12.5. The Hall–Kier alpha value is -2.56. The van der Waals surface area contributed by atoms with Crippen molar-refractivity contribution >= 4 is 35.4 Å². The molecule has 3 fully saturated rings. The number of methoxy groups -OCH3 is 1. The monoisotopic (exact) mass is 522 g/mol. The highest BCUT2D eigenvalue weighted by atomic mass is 35.5. The van der Waals surface area contributed by atoms with Crippen molar-refractivity contribution < 1.29 is 29.0 Å². The lowest BCUT2D eigenvalue weighted by Crippen LogP contribution is -2.61. The van der Waals surface area contributed by atoms with Gasteiger partial charge in [-0.05, 0) is 62.8 Å². The number of hydrogen-bond acceptors (Lipinski definition) is 7. The van der Waals surface area contributed by atoms with Crippen LogP contribution in [0.3, 0.4) is 0 Å². The summed E-state index contributed by atoms with van der Waals surface area (Å²) in [6.45, 7) is 4.53. The molecule has 1 aromatic carbocycles. The molecule has 3 aliphatic rings. The molecule has 0 aromatic heterocycles. The number of rotatable bonds is 7. The van der Waals surface area contributed by atoms with Crippen molar-refractivity contribution in [3.8, 4) is 0 Å². The zero-order valence-electron chi connectivity index (χ0n) is 20.8. The summed E-state index contributed by atoms with van der Waals surface area (Å²) in [5, 5.41) is 13.8. The van der Waals surface area contributed by atoms with Crippen molar-refractivity contribution in [2.24, 2.45) is 5.41 Å². The lowest BCUT2D eigenvalue weighted by molar-refractivity contribution is -0.143. The number of carbonyl (C=O) groups excluding carboxylic acids is 3. The third-order valence-electron chi connectivity index (χ3n) is 7.76. The van der Waals surface area contributed by atoms with Crippen LogP contribution in [0, 0.1) is 5.41 Å². The van der Waals surface area contributed by atoms with Crippen LogP contribution >= 0.6 is 11.6 Å². The van der Waals surface area contributed by atoms with Crippen molar-refractivity contribution in [1.82, 2.24) is 14.7 Å². The van der Waals surface area contributed by atoms with E-state index in [2.05, 4.69) is 15.0 Å². The van der Waals surface area contributed by atoms with E-state index in [9.17, 15) is 19.5 Å². The molecule has 1 aromatic rings. The number of nitrogens with zero attached hydrogens (tertiary/aromatic N) is 3. The van der Waals surface area contributed by atoms with E-state index in [1.807, 2.05) is 0 Å². The van der Waals surface area contributed by atoms with Crippen molar-refractivity contribution in [3.63, 3.8) is 0 Å². The molecule has 3 amide bonds. The van der Waals surface area contributed by atoms with Crippen LogP contribution in [0.15, 0.2) is 24.3 Å². The number of likely N-dealkylation sites (tertiary alicyclic amines) is 1. The second-order valence-corrected chi connectivity index (χ2v) is 10.4. The van der Waals surface area contributed by atoms with Gasteiger partial charge in [-0.15, -0.1) is 0 Å². The summed E-state index contributed by atoms with van der Waals surface area (Å²) >= 11 is 6.01. The summed E-state index contributed by atoms with van der Waals surface area (Å²) < 4.78 is 9.84. The molecule has 198 valence electrons. The highest BCUT2D eigenvalue weighted by molar-refractivity contribution is 6.30. The van der Waals surface area contributed by atoms with Crippen molar-refractivity contribution in [3.05, 3.63) is 29.3 Å². The number of halogens is 1. The van der Waals surface area contributed by atoms with Gasteiger partial charge in [0.2, 0.25) is 5.91 Å². The quantitative estimate of drug-likeness (QED) is 0.529. The molecule has 3 unspecified atom stereocenters. The molecule has 36 heavy (non-hydrogen) atoms. The Morgan fingerprint density at radius 1 is 1.25 bits per heavy atom. The summed E-state index contributed by atoms with van der Waals surface area (Å²) in [4.78, 5) is 43.3. The highest BCUT2D eigenvalue weighted by Gasteiger charge is 2.51. The standard InChI is InChI=1S/C25H35ClN4O6/c1-17-22(32)30(13-12-29(17)23(33)27-19-5-3-4-18(26)14-19)20(16-36-24(34)35-2)6-10-28-11-9-25(7-8-25)21(31)15-28/h3-5,14,17,20-21,31H,6-13,15-16H2,1-2H3,(H,27,33). The van der Waals surface area contributed by atoms with Gasteiger partial charge in [-0.3, -0.25) is 4.79 Å². The molecule has 4 rings (SSSR count). The molecule has 1 spiro atoms. The zero-order valence-corrected chi connectivity index (χ0v) is 21.6. The Labute approximate surface area is 216 Å². The maximum absolute atomic E-state index is 13.4. The minimum atomic E-state index is -0.802. The number of aliphatic hydroxyl groups excluding tert-OH is 1. The zero-order chi connectivity index (χ0) is 25.9. The molecule has 1 saturated carbocycles. The number of aliphatic hydroxyl groups is 1. The van der Waals surface area contributed by atoms with Crippen molar-refractivity contribution in [2.45, 2.75) is 50.8 Å². The smallest absolute Gasteiger partial charge is 0.438 e. The minimum Gasteiger partial charge on any atom is -0.438 e. The van der Waals surface area contributed by atoms with E-state index in [0.717, 1.165) is 25.8 Å². The Bertz CT molecular complexity index is 974. The van der Waals surface area contributed by atoms with E-state index in [-0.39, 0.29) is 36.1 Å². The maximum atomic E-state index is 13.4. The number of piperazine rings is 1. The first-order chi connectivity index (χ1) is 17.2. The van der Waals surface area contributed by atoms with Gasteiger partial charge >= 0.3 is 12.2 Å². The molecule has 0 bridgehead atoms. The largest absolute Gasteiger partial charge is 0.508 e. The summed E-state index contributed by atoms with van der Waals surface area (Å²) in [5.41, 5.74) is 0.674. The maximum Gasteiger partial charge on any atom is 0.508 e. The van der Waals surface area contributed by atoms with E-state index in [1.54, 1.807) is 36.1 Å². The van der Waals surface area contributed by atoms with E-state index in [1.165, 1.54) is 12.0 Å². The second kappa shape index (κ2) is 11.2. The second-order valence-electron chi connectivity index (χ2n) is 9.98. The number of hydrogen-bond donors (Lipinski definition) is 2. The fourth-order valence-electron chi connectivity index (χ4n) is 5.20. The molecular weight excluding hydrogens is 488 g/mol. The number of ether oxygens (including phenoxy) is 2. The molecule has 2 heterocycles. The van der Waals surface area contributed by atoms with Gasteiger partial charge in [-0.1, -0.05) is 17.7 Å². The van der Waals surface area contributed by atoms with Crippen LogP contribution in [0.25, 0.3) is 0 Å². The topological polar surface area (TPSA) is 112 Å². The van der Waals surface area contributed by atoms with Crippen LogP contribution in [0.2, 0.25) is 5.02 Å². The molecule has 0 radical (unpaired) electrons. The number of piperidine rings is 1. The van der Waals surface area contributed by atoms with Crippen LogP contribution in [0.4, 0.5) is 15.3 Å². The van der Waals surface area contributed by atoms with Crippen LogP contribution < -0.4 is 5.32 Å². The number of β-amino-alcohol motifs (C(OH)–C–C–N with tert-alkyl or cyclic N) is 1. The summed E-state index contributed by atoms with van der Waals surface area (Å²) in [5.74, 6) is -0.212. The Balaban J connectivity index is 1.37. The number of nitrogens with one attached hydrogen (secondary N) is 1. The first-order valence-corrected chi connectivity index (χ1v) is 12.8. The SMILES string of the molecule is COC(=O)OCC(CCN1CCC2(CC2)C(O)C1)N1CCN(C(=O)Nc2cccc(Cl)c2)C(C)C1=O. The van der Waals surface area contributed by atoms with E-state index >= 15 is 0 Å². The third-order valence-corrected chi connectivity index (χ3v) is 8.00. The lowest BCUT2D eigenvalue weighted by Gasteiger charge is -2.43. The number of urea groups is 1. The van der Waals surface area contributed by atoms with Gasteiger partial charge in [0, 0.05) is 36.9 Å². The number of carbonyl (C=O) groups is 3. The van der Waals surface area contributed by atoms with Gasteiger partial charge in [0.1, 0.15) is 12.6 Å². The predicted octanol–water partition coefficient (Wildman–Crippen LogP) is 2.79. The molecule has 2 aliphatic heterocycles. The van der Waals surface area contributed by atoms with Crippen LogP contribution in [-0.4, -0.2) is 103 Å². The molecule has 2 N–H and O–H groups in total. The number of anilines is 1. The van der Waals surface area contributed by atoms with Gasteiger partial charge < -0.3 is 34.6 Å². The highest BCUT2D eigenvalue weighted by Crippen LogP contribution is 2.53. The van der Waals surface area contributed by atoms with Gasteiger partial charge in [0.25, 0.3) is 0 Å². The Kier molecular flexibility index (Phi) is 8.27. The molecule has 1 aliphatic carbocycles. The first kappa shape index (κ1) is 26.5. The summed E-state index contributed by atoms with van der Waals surface area (Å²) in [6.07, 6.45) is 2.62. The summed E-state index contributed by atoms with van der Waals surface area (Å²) in [6, 6.07) is 5.39. The number of benzene rings is 1. The van der Waals surface area contributed by atoms with Crippen LogP contribution in [-0.2, 0) is 14.3 Å². The van der Waals surface area contributed by atoms with Crippen molar-refractivity contribution in [1.29, 1.82) is 0 Å².